The third-order valence-corrected chi connectivity index (χ3v) is 2.75. The van der Waals surface area contributed by atoms with Crippen LogP contribution in [0.5, 0.6) is 5.75 Å². The van der Waals surface area contributed by atoms with Crippen LogP contribution in [0.3, 0.4) is 0 Å². The zero-order valence-electron chi connectivity index (χ0n) is 9.90. The number of hydrogen-bond donors (Lipinski definition) is 1. The Morgan fingerprint density at radius 1 is 1.39 bits per heavy atom. The summed E-state index contributed by atoms with van der Waals surface area (Å²) in [4.78, 5) is 24.4. The molecule has 0 spiro atoms. The standard InChI is InChI=1S/C12H13FN2O3/c1-18-10-3-2-8(6-9(10)13)15-5-4-11(16)14-7-12(15)17/h2-3,6H,4-5,7H2,1H3,(H,14,16). The number of ether oxygens (including phenoxy) is 1. The molecule has 0 unspecified atom stereocenters. The van der Waals surface area contributed by atoms with Crippen molar-refractivity contribution in [3.8, 4) is 5.75 Å². The van der Waals surface area contributed by atoms with E-state index in [9.17, 15) is 14.0 Å². The summed E-state index contributed by atoms with van der Waals surface area (Å²) < 4.78 is 18.4. The third-order valence-electron chi connectivity index (χ3n) is 2.75. The quantitative estimate of drug-likeness (QED) is 0.842. The van der Waals surface area contributed by atoms with Crippen LogP contribution in [0.15, 0.2) is 18.2 Å². The highest BCUT2D eigenvalue weighted by atomic mass is 19.1. The number of nitrogens with one attached hydrogen (secondary N) is 1. The molecule has 1 aromatic carbocycles. The van der Waals surface area contributed by atoms with Crippen LogP contribution >= 0.6 is 0 Å². The lowest BCUT2D eigenvalue weighted by atomic mass is 10.2. The van der Waals surface area contributed by atoms with Gasteiger partial charge < -0.3 is 15.0 Å². The second-order valence-corrected chi connectivity index (χ2v) is 3.89. The molecule has 1 fully saturated rings. The fraction of sp³-hybridized carbons (Fsp3) is 0.333. The molecule has 2 rings (SSSR count). The van der Waals surface area contributed by atoms with Gasteiger partial charge in [0, 0.05) is 24.7 Å². The predicted octanol–water partition coefficient (Wildman–Crippen LogP) is 0.687. The van der Waals surface area contributed by atoms with Crippen molar-refractivity contribution < 1.29 is 18.7 Å². The zero-order chi connectivity index (χ0) is 13.1. The number of benzene rings is 1. The molecule has 0 radical (unpaired) electrons. The lowest BCUT2D eigenvalue weighted by Crippen LogP contribution is -2.35. The Morgan fingerprint density at radius 2 is 2.17 bits per heavy atom. The summed E-state index contributed by atoms with van der Waals surface area (Å²) in [6.45, 7) is 0.183. The van der Waals surface area contributed by atoms with Crippen molar-refractivity contribution in [1.82, 2.24) is 5.32 Å². The predicted molar refractivity (Wildman–Crippen MR) is 62.9 cm³/mol. The Kier molecular flexibility index (Phi) is 3.45. The molecule has 18 heavy (non-hydrogen) atoms. The number of methoxy groups -OCH3 is 1. The molecule has 0 aromatic heterocycles. The molecule has 1 aliphatic rings. The lowest BCUT2D eigenvalue weighted by Gasteiger charge is -2.20. The normalized spacial score (nSPS) is 16.2. The van der Waals surface area contributed by atoms with E-state index in [1.54, 1.807) is 6.07 Å². The summed E-state index contributed by atoms with van der Waals surface area (Å²) in [6.07, 6.45) is 0.208. The van der Waals surface area contributed by atoms with E-state index in [0.717, 1.165) is 0 Å². The van der Waals surface area contributed by atoms with Crippen LogP contribution in [-0.4, -0.2) is 32.0 Å². The first kappa shape index (κ1) is 12.3. The molecular formula is C12H13FN2O3. The molecule has 5 nitrogen and oxygen atoms in total. The van der Waals surface area contributed by atoms with E-state index in [1.807, 2.05) is 0 Å². The fourth-order valence-corrected chi connectivity index (χ4v) is 1.79. The number of nitrogens with zero attached hydrogens (tertiary/aromatic N) is 1. The number of hydrogen-bond acceptors (Lipinski definition) is 3. The number of rotatable bonds is 2. The van der Waals surface area contributed by atoms with Gasteiger partial charge in [0.25, 0.3) is 0 Å². The first-order valence-electron chi connectivity index (χ1n) is 5.52. The van der Waals surface area contributed by atoms with E-state index in [0.29, 0.717) is 5.69 Å². The third kappa shape index (κ3) is 2.42. The van der Waals surface area contributed by atoms with Crippen LogP contribution < -0.4 is 15.0 Å². The maximum absolute atomic E-state index is 13.6. The highest BCUT2D eigenvalue weighted by Crippen LogP contribution is 2.24. The average Bonchev–Trinajstić information content (AvgIpc) is 2.52. The topological polar surface area (TPSA) is 58.6 Å². The molecule has 1 N–H and O–H groups in total. The first-order valence-corrected chi connectivity index (χ1v) is 5.52. The summed E-state index contributed by atoms with van der Waals surface area (Å²) in [7, 11) is 1.37. The van der Waals surface area contributed by atoms with Gasteiger partial charge in [0.15, 0.2) is 11.6 Å². The van der Waals surface area contributed by atoms with Gasteiger partial charge in [-0.25, -0.2) is 4.39 Å². The molecule has 0 bridgehead atoms. The van der Waals surface area contributed by atoms with Crippen LogP contribution in [-0.2, 0) is 9.59 Å². The van der Waals surface area contributed by atoms with Crippen LogP contribution in [0.25, 0.3) is 0 Å². The van der Waals surface area contributed by atoms with Gasteiger partial charge >= 0.3 is 0 Å². The average molecular weight is 252 g/mol. The molecule has 0 aliphatic carbocycles. The molecule has 0 saturated carbocycles. The Bertz CT molecular complexity index is 490. The van der Waals surface area contributed by atoms with E-state index in [4.69, 9.17) is 4.74 Å². The maximum Gasteiger partial charge on any atom is 0.246 e. The summed E-state index contributed by atoms with van der Waals surface area (Å²) in [5, 5.41) is 2.48. The number of carbonyl (C=O) groups excluding carboxylic acids is 2. The fourth-order valence-electron chi connectivity index (χ4n) is 1.79. The van der Waals surface area contributed by atoms with E-state index in [-0.39, 0.29) is 37.1 Å². The summed E-state index contributed by atoms with van der Waals surface area (Å²) in [5.74, 6) is -0.855. The summed E-state index contributed by atoms with van der Waals surface area (Å²) in [5.41, 5.74) is 0.426. The minimum Gasteiger partial charge on any atom is -0.494 e. The molecular weight excluding hydrogens is 239 g/mol. The van der Waals surface area contributed by atoms with Gasteiger partial charge in [0.05, 0.1) is 13.7 Å². The van der Waals surface area contributed by atoms with Gasteiger partial charge in [-0.3, -0.25) is 9.59 Å². The molecule has 96 valence electrons. The number of anilines is 1. The Balaban J connectivity index is 2.26. The Morgan fingerprint density at radius 3 is 2.83 bits per heavy atom. The van der Waals surface area contributed by atoms with Gasteiger partial charge in [-0.15, -0.1) is 0 Å². The SMILES string of the molecule is COc1ccc(N2CCC(=O)NCC2=O)cc1F. The smallest absolute Gasteiger partial charge is 0.246 e. The zero-order valence-corrected chi connectivity index (χ0v) is 9.90. The second kappa shape index (κ2) is 5.03. The highest BCUT2D eigenvalue weighted by molar-refractivity contribution is 5.98. The van der Waals surface area contributed by atoms with Crippen molar-refractivity contribution in [3.05, 3.63) is 24.0 Å². The molecule has 1 saturated heterocycles. The van der Waals surface area contributed by atoms with E-state index < -0.39 is 5.82 Å². The minimum absolute atomic E-state index is 0.0630. The summed E-state index contributed by atoms with van der Waals surface area (Å²) in [6, 6.07) is 4.28. The van der Waals surface area contributed by atoms with Crippen LogP contribution in [0.2, 0.25) is 0 Å². The molecule has 0 atom stereocenters. The number of amides is 2. The molecule has 6 heteroatoms. The molecule has 1 aromatic rings. The van der Waals surface area contributed by atoms with Crippen molar-refractivity contribution in [2.24, 2.45) is 0 Å². The summed E-state index contributed by atoms with van der Waals surface area (Å²) >= 11 is 0. The Hall–Kier alpha value is -2.11. The van der Waals surface area contributed by atoms with Gasteiger partial charge in [0.2, 0.25) is 11.8 Å². The van der Waals surface area contributed by atoms with Crippen LogP contribution in [0.4, 0.5) is 10.1 Å². The number of halogens is 1. The number of carbonyl (C=O) groups is 2. The molecule has 1 aliphatic heterocycles. The van der Waals surface area contributed by atoms with Crippen molar-refractivity contribution in [2.75, 3.05) is 25.1 Å². The van der Waals surface area contributed by atoms with Gasteiger partial charge in [-0.05, 0) is 12.1 Å². The van der Waals surface area contributed by atoms with Crippen molar-refractivity contribution in [3.63, 3.8) is 0 Å². The van der Waals surface area contributed by atoms with Gasteiger partial charge in [-0.1, -0.05) is 0 Å². The van der Waals surface area contributed by atoms with Crippen LogP contribution in [0.1, 0.15) is 6.42 Å². The van der Waals surface area contributed by atoms with Crippen molar-refractivity contribution in [2.45, 2.75) is 6.42 Å². The van der Waals surface area contributed by atoms with Gasteiger partial charge in [-0.2, -0.15) is 0 Å². The largest absolute Gasteiger partial charge is 0.494 e. The van der Waals surface area contributed by atoms with Gasteiger partial charge in [0.1, 0.15) is 0 Å². The molecule has 1 heterocycles. The molecule has 2 amide bonds. The maximum atomic E-state index is 13.6. The first-order chi connectivity index (χ1) is 8.61. The van der Waals surface area contributed by atoms with Crippen molar-refractivity contribution in [1.29, 1.82) is 0 Å². The lowest BCUT2D eigenvalue weighted by molar-refractivity contribution is -0.123. The van der Waals surface area contributed by atoms with E-state index in [2.05, 4.69) is 5.32 Å². The van der Waals surface area contributed by atoms with E-state index >= 15 is 0 Å². The minimum atomic E-state index is -0.536. The monoisotopic (exact) mass is 252 g/mol. The van der Waals surface area contributed by atoms with Crippen molar-refractivity contribution >= 4 is 17.5 Å². The van der Waals surface area contributed by atoms with Crippen LogP contribution in [0, 0.1) is 5.82 Å². The highest BCUT2D eigenvalue weighted by Gasteiger charge is 2.22. The van der Waals surface area contributed by atoms with E-state index in [1.165, 1.54) is 24.1 Å². The second-order valence-electron chi connectivity index (χ2n) is 3.89. The Labute approximate surface area is 104 Å².